The van der Waals surface area contributed by atoms with Crippen LogP contribution in [0.1, 0.15) is 23.0 Å². The first-order chi connectivity index (χ1) is 15.5. The van der Waals surface area contributed by atoms with E-state index in [0.29, 0.717) is 31.7 Å². The topological polar surface area (TPSA) is 92.2 Å². The zero-order chi connectivity index (χ0) is 23.8. The van der Waals surface area contributed by atoms with Crippen LogP contribution in [-0.2, 0) is 11.3 Å². The lowest BCUT2D eigenvalue weighted by atomic mass is 9.83. The summed E-state index contributed by atoms with van der Waals surface area (Å²) in [6.07, 6.45) is -4.06. The number of halogens is 3. The molecule has 2 fully saturated rings. The van der Waals surface area contributed by atoms with E-state index in [1.807, 2.05) is 6.92 Å². The maximum atomic E-state index is 12.7. The highest BCUT2D eigenvalue weighted by Crippen LogP contribution is 2.42. The molecule has 0 radical (unpaired) electrons. The quantitative estimate of drug-likeness (QED) is 0.744. The largest absolute Gasteiger partial charge is 0.573 e. The van der Waals surface area contributed by atoms with Gasteiger partial charge in [0, 0.05) is 37.5 Å². The van der Waals surface area contributed by atoms with Crippen molar-refractivity contribution in [2.24, 2.45) is 11.3 Å². The standard InChI is InChI=1S/C22H22F3N3O5/c1-21-12-27(19(30)18-7-4-16(29)8-26-18)9-15(21)10-28(13-21)20(31)32-11-14-2-5-17(6-3-14)33-22(23,24)25/h2-8,15,29H,9-13H2,1H3. The highest BCUT2D eigenvalue weighted by molar-refractivity contribution is 5.92. The molecule has 0 saturated carbocycles. The highest BCUT2D eigenvalue weighted by Gasteiger charge is 2.52. The number of aromatic hydroxyl groups is 1. The second-order valence-electron chi connectivity index (χ2n) is 8.57. The fourth-order valence-electron chi connectivity index (χ4n) is 4.33. The summed E-state index contributed by atoms with van der Waals surface area (Å²) in [7, 11) is 0. The highest BCUT2D eigenvalue weighted by atomic mass is 19.4. The molecule has 8 nitrogen and oxygen atoms in total. The predicted octanol–water partition coefficient (Wildman–Crippen LogP) is 3.42. The molecule has 0 bridgehead atoms. The van der Waals surface area contributed by atoms with Crippen molar-refractivity contribution in [3.63, 3.8) is 0 Å². The van der Waals surface area contributed by atoms with Gasteiger partial charge in [-0.15, -0.1) is 13.2 Å². The average molecular weight is 465 g/mol. The van der Waals surface area contributed by atoms with Gasteiger partial charge < -0.3 is 24.4 Å². The Kier molecular flexibility index (Phi) is 5.81. The maximum absolute atomic E-state index is 12.7. The summed E-state index contributed by atoms with van der Waals surface area (Å²) in [4.78, 5) is 32.5. The number of carbonyl (C=O) groups is 2. The van der Waals surface area contributed by atoms with Crippen LogP contribution in [0, 0.1) is 11.3 Å². The molecule has 2 saturated heterocycles. The number of hydrogen-bond donors (Lipinski definition) is 1. The summed E-state index contributed by atoms with van der Waals surface area (Å²) in [6.45, 7) is 3.72. The number of alkyl halides is 3. The van der Waals surface area contributed by atoms with Crippen molar-refractivity contribution < 1.29 is 37.3 Å². The number of ether oxygens (including phenoxy) is 2. The van der Waals surface area contributed by atoms with E-state index in [0.717, 1.165) is 12.1 Å². The number of aromatic nitrogens is 1. The number of nitrogens with zero attached hydrogens (tertiary/aromatic N) is 3. The number of fused-ring (bicyclic) bond motifs is 1. The van der Waals surface area contributed by atoms with E-state index in [-0.39, 0.29) is 41.0 Å². The van der Waals surface area contributed by atoms with Gasteiger partial charge in [0.15, 0.2) is 0 Å². The third-order valence-electron chi connectivity index (χ3n) is 6.00. The molecule has 33 heavy (non-hydrogen) atoms. The van der Waals surface area contributed by atoms with Crippen LogP contribution in [0.4, 0.5) is 18.0 Å². The molecule has 11 heteroatoms. The van der Waals surface area contributed by atoms with E-state index >= 15 is 0 Å². The first-order valence-corrected chi connectivity index (χ1v) is 10.2. The molecular weight excluding hydrogens is 443 g/mol. The minimum atomic E-state index is -4.77. The summed E-state index contributed by atoms with van der Waals surface area (Å²) in [5.41, 5.74) is 0.489. The van der Waals surface area contributed by atoms with Gasteiger partial charge in [0.25, 0.3) is 5.91 Å². The average Bonchev–Trinajstić information content (AvgIpc) is 3.24. The molecule has 0 spiro atoms. The first kappa shape index (κ1) is 22.7. The van der Waals surface area contributed by atoms with Crippen LogP contribution in [0.25, 0.3) is 0 Å². The molecule has 1 aromatic carbocycles. The fourth-order valence-corrected chi connectivity index (χ4v) is 4.33. The number of amides is 2. The lowest BCUT2D eigenvalue weighted by Gasteiger charge is -2.25. The number of rotatable bonds is 4. The van der Waals surface area contributed by atoms with E-state index < -0.39 is 12.5 Å². The Hall–Kier alpha value is -3.50. The molecule has 4 rings (SSSR count). The van der Waals surface area contributed by atoms with Crippen molar-refractivity contribution in [3.8, 4) is 11.5 Å². The Balaban J connectivity index is 1.29. The van der Waals surface area contributed by atoms with Crippen molar-refractivity contribution in [1.82, 2.24) is 14.8 Å². The lowest BCUT2D eigenvalue weighted by Crippen LogP contribution is -2.38. The van der Waals surface area contributed by atoms with Gasteiger partial charge in [-0.2, -0.15) is 0 Å². The molecule has 176 valence electrons. The summed E-state index contributed by atoms with van der Waals surface area (Å²) in [6, 6.07) is 8.00. The number of carbonyl (C=O) groups excluding carboxylic acids is 2. The van der Waals surface area contributed by atoms with Gasteiger partial charge in [-0.1, -0.05) is 19.1 Å². The molecule has 2 aromatic rings. The number of pyridine rings is 1. The van der Waals surface area contributed by atoms with Gasteiger partial charge in [-0.25, -0.2) is 9.78 Å². The Morgan fingerprint density at radius 1 is 1.12 bits per heavy atom. The minimum absolute atomic E-state index is 0.0171. The molecule has 1 N–H and O–H groups in total. The lowest BCUT2D eigenvalue weighted by molar-refractivity contribution is -0.274. The van der Waals surface area contributed by atoms with E-state index in [1.54, 1.807) is 9.80 Å². The zero-order valence-corrected chi connectivity index (χ0v) is 17.7. The van der Waals surface area contributed by atoms with Gasteiger partial charge in [0.2, 0.25) is 0 Å². The molecule has 1 aromatic heterocycles. The zero-order valence-electron chi connectivity index (χ0n) is 17.7. The normalized spacial score (nSPS) is 22.2. The summed E-state index contributed by atoms with van der Waals surface area (Å²) in [5, 5.41) is 9.34. The SMILES string of the molecule is CC12CN(C(=O)OCc3ccc(OC(F)(F)F)cc3)CC1CN(C(=O)c1ccc(O)cn1)C2. The molecule has 3 heterocycles. The smallest absolute Gasteiger partial charge is 0.506 e. The van der Waals surface area contributed by atoms with E-state index in [9.17, 15) is 27.9 Å². The van der Waals surface area contributed by atoms with Crippen LogP contribution < -0.4 is 4.74 Å². The van der Waals surface area contributed by atoms with Crippen LogP contribution in [0.3, 0.4) is 0 Å². The fraction of sp³-hybridized carbons (Fsp3) is 0.409. The molecule has 2 aliphatic heterocycles. The van der Waals surface area contributed by atoms with Crippen molar-refractivity contribution in [2.75, 3.05) is 26.2 Å². The molecule has 0 aliphatic carbocycles. The van der Waals surface area contributed by atoms with Gasteiger partial charge in [-0.3, -0.25) is 4.79 Å². The van der Waals surface area contributed by atoms with Crippen molar-refractivity contribution in [2.45, 2.75) is 19.9 Å². The molecular formula is C22H22F3N3O5. The summed E-state index contributed by atoms with van der Waals surface area (Å²) < 4.78 is 45.9. The Morgan fingerprint density at radius 2 is 1.79 bits per heavy atom. The van der Waals surface area contributed by atoms with Crippen LogP contribution >= 0.6 is 0 Å². The van der Waals surface area contributed by atoms with Gasteiger partial charge >= 0.3 is 12.5 Å². The second kappa shape index (κ2) is 8.45. The summed E-state index contributed by atoms with van der Waals surface area (Å²) in [5.74, 6) is -0.515. The number of benzene rings is 1. The van der Waals surface area contributed by atoms with Gasteiger partial charge in [0.1, 0.15) is 23.8 Å². The van der Waals surface area contributed by atoms with Crippen LogP contribution in [0.15, 0.2) is 42.6 Å². The Morgan fingerprint density at radius 3 is 2.39 bits per heavy atom. The molecule has 2 aliphatic rings. The number of hydrogen-bond acceptors (Lipinski definition) is 6. The first-order valence-electron chi connectivity index (χ1n) is 10.2. The predicted molar refractivity (Wildman–Crippen MR) is 108 cm³/mol. The third-order valence-corrected chi connectivity index (χ3v) is 6.00. The maximum Gasteiger partial charge on any atom is 0.573 e. The second-order valence-corrected chi connectivity index (χ2v) is 8.57. The third kappa shape index (κ3) is 5.12. The monoisotopic (exact) mass is 465 g/mol. The Labute approximate surface area is 187 Å². The van der Waals surface area contributed by atoms with Crippen molar-refractivity contribution >= 4 is 12.0 Å². The molecule has 2 amide bonds. The molecule has 2 atom stereocenters. The van der Waals surface area contributed by atoms with E-state index in [4.69, 9.17) is 4.74 Å². The molecule has 2 unspecified atom stereocenters. The van der Waals surface area contributed by atoms with Crippen LogP contribution in [0.5, 0.6) is 11.5 Å². The number of likely N-dealkylation sites (tertiary alicyclic amines) is 2. The van der Waals surface area contributed by atoms with E-state index in [1.165, 1.54) is 30.5 Å². The van der Waals surface area contributed by atoms with Gasteiger partial charge in [0.05, 0.1) is 6.20 Å². The van der Waals surface area contributed by atoms with Crippen molar-refractivity contribution in [1.29, 1.82) is 0 Å². The minimum Gasteiger partial charge on any atom is -0.506 e. The van der Waals surface area contributed by atoms with Gasteiger partial charge in [-0.05, 0) is 29.8 Å². The van der Waals surface area contributed by atoms with Crippen LogP contribution in [0.2, 0.25) is 0 Å². The summed E-state index contributed by atoms with van der Waals surface area (Å²) >= 11 is 0. The van der Waals surface area contributed by atoms with Crippen molar-refractivity contribution in [3.05, 3.63) is 53.9 Å². The van der Waals surface area contributed by atoms with Crippen LogP contribution in [-0.4, -0.2) is 64.4 Å². The van der Waals surface area contributed by atoms with E-state index in [2.05, 4.69) is 9.72 Å². The Bertz CT molecular complexity index is 1030.